The van der Waals surface area contributed by atoms with Crippen LogP contribution in [0.2, 0.25) is 0 Å². The van der Waals surface area contributed by atoms with Crippen LogP contribution in [0.5, 0.6) is 0 Å². The Balaban J connectivity index is 1.70. The SMILES string of the molecule is Cc1cc(I)cc(-c2ccc(CN3CCN(C)CC3)cc2)c1. The van der Waals surface area contributed by atoms with Crippen LogP contribution in [0, 0.1) is 10.5 Å². The second-order valence-electron chi connectivity index (χ2n) is 6.29. The fourth-order valence-corrected chi connectivity index (χ4v) is 3.80. The number of hydrogen-bond acceptors (Lipinski definition) is 2. The van der Waals surface area contributed by atoms with E-state index in [1.807, 2.05) is 0 Å². The van der Waals surface area contributed by atoms with Gasteiger partial charge in [0, 0.05) is 36.3 Å². The maximum absolute atomic E-state index is 2.55. The summed E-state index contributed by atoms with van der Waals surface area (Å²) in [5, 5.41) is 0. The molecule has 3 rings (SSSR count). The number of benzene rings is 2. The monoisotopic (exact) mass is 406 g/mol. The van der Waals surface area contributed by atoms with E-state index in [1.54, 1.807) is 0 Å². The largest absolute Gasteiger partial charge is 0.304 e. The molecular formula is C19H23IN2. The average molecular weight is 406 g/mol. The average Bonchev–Trinajstić information content (AvgIpc) is 2.49. The van der Waals surface area contributed by atoms with Gasteiger partial charge in [0.15, 0.2) is 0 Å². The third-order valence-corrected chi connectivity index (χ3v) is 4.95. The smallest absolute Gasteiger partial charge is 0.0234 e. The molecule has 2 aromatic carbocycles. The van der Waals surface area contributed by atoms with Gasteiger partial charge in [0.1, 0.15) is 0 Å². The summed E-state index contributed by atoms with van der Waals surface area (Å²) in [7, 11) is 2.20. The first-order chi connectivity index (χ1) is 10.6. The van der Waals surface area contributed by atoms with E-state index in [-0.39, 0.29) is 0 Å². The number of halogens is 1. The predicted molar refractivity (Wildman–Crippen MR) is 102 cm³/mol. The van der Waals surface area contributed by atoms with Gasteiger partial charge in [-0.15, -0.1) is 0 Å². The molecule has 1 aliphatic rings. The topological polar surface area (TPSA) is 6.48 Å². The summed E-state index contributed by atoms with van der Waals surface area (Å²) < 4.78 is 1.30. The molecule has 1 aliphatic heterocycles. The minimum Gasteiger partial charge on any atom is -0.304 e. The van der Waals surface area contributed by atoms with E-state index in [0.29, 0.717) is 0 Å². The van der Waals surface area contributed by atoms with Crippen LogP contribution in [-0.4, -0.2) is 43.0 Å². The highest BCUT2D eigenvalue weighted by Crippen LogP contribution is 2.24. The second kappa shape index (κ2) is 7.11. The van der Waals surface area contributed by atoms with E-state index in [0.717, 1.165) is 6.54 Å². The molecule has 0 spiro atoms. The van der Waals surface area contributed by atoms with Crippen LogP contribution in [-0.2, 0) is 6.54 Å². The molecule has 22 heavy (non-hydrogen) atoms. The quantitative estimate of drug-likeness (QED) is 0.711. The molecule has 0 amide bonds. The summed E-state index contributed by atoms with van der Waals surface area (Å²) in [5.74, 6) is 0. The Morgan fingerprint density at radius 3 is 2.23 bits per heavy atom. The van der Waals surface area contributed by atoms with Crippen molar-refractivity contribution < 1.29 is 0 Å². The third-order valence-electron chi connectivity index (χ3n) is 4.33. The Hall–Kier alpha value is -0.910. The molecule has 0 bridgehead atoms. The van der Waals surface area contributed by atoms with Gasteiger partial charge in [0.05, 0.1) is 0 Å². The molecule has 116 valence electrons. The van der Waals surface area contributed by atoms with Crippen LogP contribution in [0.4, 0.5) is 0 Å². The Labute approximate surface area is 147 Å². The fourth-order valence-electron chi connectivity index (χ4n) is 2.97. The lowest BCUT2D eigenvalue weighted by atomic mass is 10.0. The lowest BCUT2D eigenvalue weighted by molar-refractivity contribution is 0.148. The van der Waals surface area contributed by atoms with Crippen molar-refractivity contribution in [3.63, 3.8) is 0 Å². The molecule has 3 heteroatoms. The van der Waals surface area contributed by atoms with Crippen LogP contribution in [0.25, 0.3) is 11.1 Å². The Kier molecular flexibility index (Phi) is 5.16. The van der Waals surface area contributed by atoms with E-state index in [9.17, 15) is 0 Å². The highest BCUT2D eigenvalue weighted by molar-refractivity contribution is 14.1. The zero-order chi connectivity index (χ0) is 15.5. The molecule has 1 saturated heterocycles. The normalized spacial score (nSPS) is 16.9. The van der Waals surface area contributed by atoms with Gasteiger partial charge in [-0.2, -0.15) is 0 Å². The number of rotatable bonds is 3. The van der Waals surface area contributed by atoms with Crippen molar-refractivity contribution >= 4 is 22.6 Å². The van der Waals surface area contributed by atoms with E-state index in [4.69, 9.17) is 0 Å². The Morgan fingerprint density at radius 2 is 1.59 bits per heavy atom. The highest BCUT2D eigenvalue weighted by Gasteiger charge is 2.13. The van der Waals surface area contributed by atoms with Crippen molar-refractivity contribution in [2.75, 3.05) is 33.2 Å². The molecule has 0 aliphatic carbocycles. The van der Waals surface area contributed by atoms with Gasteiger partial charge >= 0.3 is 0 Å². The number of piperazine rings is 1. The summed E-state index contributed by atoms with van der Waals surface area (Å²) in [5.41, 5.74) is 5.36. The van der Waals surface area contributed by atoms with Crippen molar-refractivity contribution in [3.05, 3.63) is 57.2 Å². The van der Waals surface area contributed by atoms with Crippen molar-refractivity contribution in [2.24, 2.45) is 0 Å². The number of likely N-dealkylation sites (N-methyl/N-ethyl adjacent to an activating group) is 1. The molecule has 2 nitrogen and oxygen atoms in total. The molecule has 0 aromatic heterocycles. The molecule has 1 heterocycles. The molecule has 0 saturated carbocycles. The van der Waals surface area contributed by atoms with Gasteiger partial charge in [-0.1, -0.05) is 30.3 Å². The van der Waals surface area contributed by atoms with Crippen molar-refractivity contribution in [3.8, 4) is 11.1 Å². The van der Waals surface area contributed by atoms with Crippen LogP contribution in [0.3, 0.4) is 0 Å². The van der Waals surface area contributed by atoms with Gasteiger partial charge in [0.2, 0.25) is 0 Å². The van der Waals surface area contributed by atoms with Crippen LogP contribution in [0.15, 0.2) is 42.5 Å². The van der Waals surface area contributed by atoms with E-state index in [1.165, 1.54) is 52.0 Å². The number of aryl methyl sites for hydroxylation is 1. The summed E-state index contributed by atoms with van der Waals surface area (Å²) >= 11 is 2.39. The Bertz CT molecular complexity index is 608. The first-order valence-corrected chi connectivity index (χ1v) is 8.95. The zero-order valence-electron chi connectivity index (χ0n) is 13.3. The molecule has 2 aromatic rings. The predicted octanol–water partition coefficient (Wildman–Crippen LogP) is 4.01. The second-order valence-corrected chi connectivity index (χ2v) is 7.54. The fraction of sp³-hybridized carbons (Fsp3) is 0.368. The van der Waals surface area contributed by atoms with Gasteiger partial charge in [-0.05, 0) is 70.9 Å². The first-order valence-electron chi connectivity index (χ1n) is 7.87. The highest BCUT2D eigenvalue weighted by atomic mass is 127. The van der Waals surface area contributed by atoms with Crippen molar-refractivity contribution in [1.82, 2.24) is 9.80 Å². The third kappa shape index (κ3) is 4.09. The zero-order valence-corrected chi connectivity index (χ0v) is 15.5. The number of nitrogens with zero attached hydrogens (tertiary/aromatic N) is 2. The van der Waals surface area contributed by atoms with E-state index < -0.39 is 0 Å². The maximum Gasteiger partial charge on any atom is 0.0234 e. The lowest BCUT2D eigenvalue weighted by Gasteiger charge is -2.32. The summed E-state index contributed by atoms with van der Waals surface area (Å²) in [6.07, 6.45) is 0. The van der Waals surface area contributed by atoms with E-state index in [2.05, 4.69) is 88.8 Å². The summed E-state index contributed by atoms with van der Waals surface area (Å²) in [6.45, 7) is 7.94. The minimum atomic E-state index is 1.07. The van der Waals surface area contributed by atoms with Gasteiger partial charge < -0.3 is 4.90 Å². The molecule has 1 fully saturated rings. The van der Waals surface area contributed by atoms with Crippen LogP contribution >= 0.6 is 22.6 Å². The molecular weight excluding hydrogens is 383 g/mol. The molecule has 0 radical (unpaired) electrons. The first kappa shape index (κ1) is 16.0. The summed E-state index contributed by atoms with van der Waals surface area (Å²) in [6, 6.07) is 15.8. The molecule has 0 atom stereocenters. The maximum atomic E-state index is 2.55. The van der Waals surface area contributed by atoms with Crippen molar-refractivity contribution in [2.45, 2.75) is 13.5 Å². The molecule has 0 unspecified atom stereocenters. The number of hydrogen-bond donors (Lipinski definition) is 0. The Morgan fingerprint density at radius 1 is 0.909 bits per heavy atom. The lowest BCUT2D eigenvalue weighted by Crippen LogP contribution is -2.43. The molecule has 0 N–H and O–H groups in total. The van der Waals surface area contributed by atoms with Gasteiger partial charge in [-0.3, -0.25) is 4.90 Å². The van der Waals surface area contributed by atoms with Gasteiger partial charge in [-0.25, -0.2) is 0 Å². The van der Waals surface area contributed by atoms with Crippen LogP contribution in [0.1, 0.15) is 11.1 Å². The van der Waals surface area contributed by atoms with Crippen molar-refractivity contribution in [1.29, 1.82) is 0 Å². The minimum absolute atomic E-state index is 1.07. The standard InChI is InChI=1S/C19H23IN2/c1-15-11-18(13-19(20)12-15)17-5-3-16(4-6-17)14-22-9-7-21(2)8-10-22/h3-6,11-13H,7-10,14H2,1-2H3. The summed E-state index contributed by atoms with van der Waals surface area (Å²) in [4.78, 5) is 4.95. The van der Waals surface area contributed by atoms with E-state index >= 15 is 0 Å². The van der Waals surface area contributed by atoms with Gasteiger partial charge in [0.25, 0.3) is 0 Å². The van der Waals surface area contributed by atoms with Crippen LogP contribution < -0.4 is 0 Å².